The van der Waals surface area contributed by atoms with Gasteiger partial charge in [-0.15, -0.1) is 11.8 Å². The van der Waals surface area contributed by atoms with Crippen molar-refractivity contribution >= 4 is 40.7 Å². The molecular weight excluding hydrogens is 357 g/mol. The molecule has 132 valence electrons. The van der Waals surface area contributed by atoms with Crippen molar-refractivity contribution in [2.45, 2.75) is 25.2 Å². The molecule has 0 aliphatic carbocycles. The topological polar surface area (TPSA) is 53.2 Å². The highest BCUT2D eigenvalue weighted by molar-refractivity contribution is 7.99. The Balaban J connectivity index is 1.68. The van der Waals surface area contributed by atoms with Crippen molar-refractivity contribution in [1.29, 1.82) is 0 Å². The van der Waals surface area contributed by atoms with Gasteiger partial charge in [0.1, 0.15) is 5.82 Å². The highest BCUT2D eigenvalue weighted by Crippen LogP contribution is 2.18. The number of hydrogen-bond donors (Lipinski definition) is 3. The van der Waals surface area contributed by atoms with Gasteiger partial charge >= 0.3 is 0 Å². The van der Waals surface area contributed by atoms with Crippen molar-refractivity contribution in [2.24, 2.45) is 0 Å². The van der Waals surface area contributed by atoms with Gasteiger partial charge in [-0.05, 0) is 73.6 Å². The molecule has 2 aromatic rings. The van der Waals surface area contributed by atoms with E-state index in [2.05, 4.69) is 22.2 Å². The maximum absolute atomic E-state index is 12.8. The Labute approximate surface area is 156 Å². The molecule has 25 heavy (non-hydrogen) atoms. The second-order valence-electron chi connectivity index (χ2n) is 5.56. The van der Waals surface area contributed by atoms with Gasteiger partial charge < -0.3 is 5.32 Å². The third-order valence-electron chi connectivity index (χ3n) is 3.21. The molecule has 3 N–H and O–H groups in total. The Kier molecular flexibility index (Phi) is 7.21. The van der Waals surface area contributed by atoms with Gasteiger partial charge in [-0.25, -0.2) is 4.39 Å². The lowest BCUT2D eigenvalue weighted by molar-refractivity contribution is -0.121. The first kappa shape index (κ1) is 19.2. The quantitative estimate of drug-likeness (QED) is 0.419. The largest absolute Gasteiger partial charge is 0.331 e. The third-order valence-corrected chi connectivity index (χ3v) is 4.42. The zero-order chi connectivity index (χ0) is 18.2. The fourth-order valence-corrected chi connectivity index (χ4v) is 3.21. The number of benzene rings is 2. The van der Waals surface area contributed by atoms with E-state index >= 15 is 0 Å². The van der Waals surface area contributed by atoms with Crippen molar-refractivity contribution in [1.82, 2.24) is 10.9 Å². The number of thioether (sulfide) groups is 1. The molecule has 0 aliphatic rings. The molecule has 0 aromatic heterocycles. The van der Waals surface area contributed by atoms with E-state index in [1.165, 1.54) is 23.9 Å². The van der Waals surface area contributed by atoms with Crippen molar-refractivity contribution in [3.8, 4) is 0 Å². The van der Waals surface area contributed by atoms with Crippen molar-refractivity contribution in [3.05, 3.63) is 59.4 Å². The first-order valence-electron chi connectivity index (χ1n) is 7.75. The average Bonchev–Trinajstić information content (AvgIpc) is 2.54. The minimum Gasteiger partial charge on any atom is -0.331 e. The molecule has 0 spiro atoms. The fourth-order valence-electron chi connectivity index (χ4n) is 2.19. The van der Waals surface area contributed by atoms with Crippen LogP contribution in [0.3, 0.4) is 0 Å². The average molecular weight is 378 g/mol. The number of rotatable bonds is 5. The van der Waals surface area contributed by atoms with Crippen molar-refractivity contribution in [2.75, 3.05) is 11.1 Å². The van der Waals surface area contributed by atoms with Crippen LogP contribution >= 0.6 is 24.0 Å². The van der Waals surface area contributed by atoms with Gasteiger partial charge in [0.05, 0.1) is 0 Å². The van der Waals surface area contributed by atoms with Crippen LogP contribution in [-0.2, 0) is 4.79 Å². The predicted octanol–water partition coefficient (Wildman–Crippen LogP) is 3.94. The summed E-state index contributed by atoms with van der Waals surface area (Å²) in [6, 6.07) is 12.2. The van der Waals surface area contributed by atoms with Gasteiger partial charge in [0.15, 0.2) is 5.11 Å². The number of anilines is 1. The lowest BCUT2D eigenvalue weighted by atomic mass is 10.1. The van der Waals surface area contributed by atoms with E-state index in [-0.39, 0.29) is 11.7 Å². The number of amides is 1. The van der Waals surface area contributed by atoms with Gasteiger partial charge in [-0.3, -0.25) is 15.6 Å². The standard InChI is InChI=1S/C18H20FN3OS2/c1-12-9-13(2)11-15(10-12)20-18(24)22-21-17(23)7-8-25-16-5-3-14(19)4-6-16/h3-6,9-11H,7-8H2,1-2H3,(H,21,23)(H2,20,22,24). The van der Waals surface area contributed by atoms with Gasteiger partial charge in [0.2, 0.25) is 5.91 Å². The van der Waals surface area contributed by atoms with Gasteiger partial charge in [-0.2, -0.15) is 0 Å². The Morgan fingerprint density at radius 2 is 1.72 bits per heavy atom. The molecule has 0 saturated heterocycles. The van der Waals surface area contributed by atoms with E-state index in [4.69, 9.17) is 12.2 Å². The Morgan fingerprint density at radius 1 is 1.08 bits per heavy atom. The minimum atomic E-state index is -0.267. The molecule has 0 bridgehead atoms. The van der Waals surface area contributed by atoms with Crippen LogP contribution in [0.2, 0.25) is 0 Å². The lowest BCUT2D eigenvalue weighted by Crippen LogP contribution is -2.43. The number of carbonyl (C=O) groups excluding carboxylic acids is 1. The highest BCUT2D eigenvalue weighted by atomic mass is 32.2. The van der Waals surface area contributed by atoms with E-state index in [0.29, 0.717) is 17.3 Å². The summed E-state index contributed by atoms with van der Waals surface area (Å²) in [7, 11) is 0. The number of nitrogens with one attached hydrogen (secondary N) is 3. The van der Waals surface area contributed by atoms with E-state index in [9.17, 15) is 9.18 Å². The van der Waals surface area contributed by atoms with Crippen LogP contribution in [0.4, 0.5) is 10.1 Å². The number of hydrazine groups is 1. The molecule has 0 heterocycles. The van der Waals surface area contributed by atoms with Gasteiger partial charge in [0.25, 0.3) is 0 Å². The second kappa shape index (κ2) is 9.39. The minimum absolute atomic E-state index is 0.167. The summed E-state index contributed by atoms with van der Waals surface area (Å²) in [5.74, 6) is 0.159. The molecule has 7 heteroatoms. The molecule has 2 rings (SSSR count). The predicted molar refractivity (Wildman–Crippen MR) is 105 cm³/mol. The lowest BCUT2D eigenvalue weighted by Gasteiger charge is -2.12. The molecule has 1 amide bonds. The Morgan fingerprint density at radius 3 is 2.36 bits per heavy atom. The number of hydrogen-bond acceptors (Lipinski definition) is 3. The number of halogens is 1. The summed E-state index contributed by atoms with van der Waals surface area (Å²) in [5, 5.41) is 3.35. The van der Waals surface area contributed by atoms with Gasteiger partial charge in [0, 0.05) is 22.8 Å². The normalized spacial score (nSPS) is 10.2. The van der Waals surface area contributed by atoms with Gasteiger partial charge in [-0.1, -0.05) is 6.07 Å². The summed E-state index contributed by atoms with van der Waals surface area (Å²) >= 11 is 6.66. The maximum atomic E-state index is 12.8. The zero-order valence-corrected chi connectivity index (χ0v) is 15.7. The first-order valence-corrected chi connectivity index (χ1v) is 9.14. The smallest absolute Gasteiger partial charge is 0.239 e. The highest BCUT2D eigenvalue weighted by Gasteiger charge is 2.04. The molecule has 0 saturated carbocycles. The molecule has 2 aromatic carbocycles. The van der Waals surface area contributed by atoms with E-state index in [1.54, 1.807) is 12.1 Å². The Hall–Kier alpha value is -2.12. The second-order valence-corrected chi connectivity index (χ2v) is 7.13. The van der Waals surface area contributed by atoms with Crippen LogP contribution in [0.25, 0.3) is 0 Å². The summed E-state index contributed by atoms with van der Waals surface area (Å²) in [6.07, 6.45) is 0.321. The molecule has 0 fully saturated rings. The zero-order valence-electron chi connectivity index (χ0n) is 14.1. The molecule has 4 nitrogen and oxygen atoms in total. The number of thiocarbonyl (C=S) groups is 1. The maximum Gasteiger partial charge on any atom is 0.239 e. The van der Waals surface area contributed by atoms with Crippen LogP contribution in [0, 0.1) is 19.7 Å². The number of carbonyl (C=O) groups is 1. The SMILES string of the molecule is Cc1cc(C)cc(NC(=S)NNC(=O)CCSc2ccc(F)cc2)c1. The summed E-state index contributed by atoms with van der Waals surface area (Å²) in [5.41, 5.74) is 8.38. The van der Waals surface area contributed by atoms with Crippen LogP contribution in [0.15, 0.2) is 47.4 Å². The van der Waals surface area contributed by atoms with E-state index < -0.39 is 0 Å². The van der Waals surface area contributed by atoms with Crippen LogP contribution in [0.1, 0.15) is 17.5 Å². The summed E-state index contributed by atoms with van der Waals surface area (Å²) in [4.78, 5) is 12.7. The van der Waals surface area contributed by atoms with Crippen molar-refractivity contribution < 1.29 is 9.18 Å². The first-order chi connectivity index (χ1) is 11.9. The number of aryl methyl sites for hydroxylation is 2. The summed E-state index contributed by atoms with van der Waals surface area (Å²) in [6.45, 7) is 4.02. The van der Waals surface area contributed by atoms with E-state index in [0.717, 1.165) is 21.7 Å². The fraction of sp³-hybridized carbons (Fsp3) is 0.222. The summed E-state index contributed by atoms with van der Waals surface area (Å²) < 4.78 is 12.8. The Bertz CT molecular complexity index is 730. The molecule has 0 unspecified atom stereocenters. The molecule has 0 aliphatic heterocycles. The molecular formula is C18H20FN3OS2. The van der Waals surface area contributed by atoms with Crippen molar-refractivity contribution in [3.63, 3.8) is 0 Å². The monoisotopic (exact) mass is 377 g/mol. The van der Waals surface area contributed by atoms with E-state index in [1.807, 2.05) is 26.0 Å². The molecule has 0 radical (unpaired) electrons. The van der Waals surface area contributed by atoms with Crippen LogP contribution in [-0.4, -0.2) is 16.8 Å². The van der Waals surface area contributed by atoms with Crippen LogP contribution in [0.5, 0.6) is 0 Å². The molecule has 0 atom stereocenters. The third kappa shape index (κ3) is 7.11. The van der Waals surface area contributed by atoms with Crippen LogP contribution < -0.4 is 16.2 Å².